The SMILES string of the molecule is C=CCc1c(C)nc(CN(C)C)nc1C.CC. The summed E-state index contributed by atoms with van der Waals surface area (Å²) >= 11 is 0. The molecular weight excluding hydrogens is 210 g/mol. The van der Waals surface area contributed by atoms with E-state index in [2.05, 4.69) is 21.4 Å². The van der Waals surface area contributed by atoms with Gasteiger partial charge in [-0.15, -0.1) is 6.58 Å². The molecule has 1 aromatic heterocycles. The van der Waals surface area contributed by atoms with E-state index in [1.165, 1.54) is 5.56 Å². The van der Waals surface area contributed by atoms with E-state index in [4.69, 9.17) is 0 Å². The molecule has 1 heterocycles. The number of hydrogen-bond acceptors (Lipinski definition) is 3. The van der Waals surface area contributed by atoms with E-state index < -0.39 is 0 Å². The Morgan fingerprint density at radius 2 is 1.59 bits per heavy atom. The number of rotatable bonds is 4. The number of nitrogens with zero attached hydrogens (tertiary/aromatic N) is 3. The Balaban J connectivity index is 0.00000121. The molecule has 0 aliphatic rings. The lowest BCUT2D eigenvalue weighted by atomic mass is 10.1. The first-order valence-corrected chi connectivity index (χ1v) is 6.13. The summed E-state index contributed by atoms with van der Waals surface area (Å²) in [5.74, 6) is 0.891. The first-order chi connectivity index (χ1) is 8.04. The summed E-state index contributed by atoms with van der Waals surface area (Å²) in [6.45, 7) is 12.6. The van der Waals surface area contributed by atoms with Gasteiger partial charge in [0.1, 0.15) is 5.82 Å². The second kappa shape index (κ2) is 7.96. The smallest absolute Gasteiger partial charge is 0.142 e. The minimum Gasteiger partial charge on any atom is -0.302 e. The third kappa shape index (κ3) is 5.09. The minimum atomic E-state index is 0.788. The van der Waals surface area contributed by atoms with Gasteiger partial charge in [0.15, 0.2) is 0 Å². The van der Waals surface area contributed by atoms with Crippen molar-refractivity contribution in [3.8, 4) is 0 Å². The average molecular weight is 235 g/mol. The van der Waals surface area contributed by atoms with E-state index in [9.17, 15) is 0 Å². The molecule has 0 atom stereocenters. The lowest BCUT2D eigenvalue weighted by Crippen LogP contribution is -2.15. The van der Waals surface area contributed by atoms with Crippen molar-refractivity contribution in [1.29, 1.82) is 0 Å². The topological polar surface area (TPSA) is 29.0 Å². The van der Waals surface area contributed by atoms with Crippen LogP contribution in [0.15, 0.2) is 12.7 Å². The van der Waals surface area contributed by atoms with Gasteiger partial charge in [0.2, 0.25) is 0 Å². The zero-order valence-corrected chi connectivity index (χ0v) is 12.0. The lowest BCUT2D eigenvalue weighted by molar-refractivity contribution is 0.389. The maximum Gasteiger partial charge on any atom is 0.142 e. The third-order valence-electron chi connectivity index (χ3n) is 2.27. The quantitative estimate of drug-likeness (QED) is 0.751. The van der Waals surface area contributed by atoms with E-state index >= 15 is 0 Å². The standard InChI is InChI=1S/C12H19N3.C2H6/c1-6-7-11-9(2)13-12(8-15(4)5)14-10(11)3;1-2/h6H,1,7-8H2,2-5H3;1-2H3. The Kier molecular flexibility index (Phi) is 7.39. The van der Waals surface area contributed by atoms with Gasteiger partial charge < -0.3 is 4.90 Å². The van der Waals surface area contributed by atoms with E-state index in [0.717, 1.165) is 30.2 Å². The van der Waals surface area contributed by atoms with Crippen molar-refractivity contribution in [3.05, 3.63) is 35.4 Å². The summed E-state index contributed by atoms with van der Waals surface area (Å²) < 4.78 is 0. The van der Waals surface area contributed by atoms with E-state index in [1.54, 1.807) is 0 Å². The van der Waals surface area contributed by atoms with Crippen LogP contribution in [-0.2, 0) is 13.0 Å². The van der Waals surface area contributed by atoms with Crippen molar-refractivity contribution < 1.29 is 0 Å². The van der Waals surface area contributed by atoms with Crippen LogP contribution in [0.4, 0.5) is 0 Å². The van der Waals surface area contributed by atoms with Crippen LogP contribution in [0, 0.1) is 13.8 Å². The van der Waals surface area contributed by atoms with Crippen LogP contribution in [0.25, 0.3) is 0 Å². The summed E-state index contributed by atoms with van der Waals surface area (Å²) in [5.41, 5.74) is 3.34. The molecule has 1 rings (SSSR count). The predicted octanol–water partition coefficient (Wildman–Crippen LogP) is 2.91. The van der Waals surface area contributed by atoms with Gasteiger partial charge in [-0.3, -0.25) is 0 Å². The molecule has 0 aliphatic carbocycles. The molecule has 0 aromatic carbocycles. The van der Waals surface area contributed by atoms with Crippen LogP contribution in [-0.4, -0.2) is 29.0 Å². The van der Waals surface area contributed by atoms with Crippen LogP contribution in [0.3, 0.4) is 0 Å². The molecule has 0 aliphatic heterocycles. The zero-order chi connectivity index (χ0) is 13.4. The molecule has 0 bridgehead atoms. The van der Waals surface area contributed by atoms with Crippen molar-refractivity contribution in [3.63, 3.8) is 0 Å². The molecule has 3 heteroatoms. The molecule has 0 fully saturated rings. The van der Waals surface area contributed by atoms with Gasteiger partial charge in [-0.25, -0.2) is 9.97 Å². The number of aryl methyl sites for hydroxylation is 2. The van der Waals surface area contributed by atoms with Crippen molar-refractivity contribution in [2.24, 2.45) is 0 Å². The largest absolute Gasteiger partial charge is 0.302 e. The number of aromatic nitrogens is 2. The van der Waals surface area contributed by atoms with Crippen LogP contribution in [0.5, 0.6) is 0 Å². The molecule has 1 aromatic rings. The van der Waals surface area contributed by atoms with E-state index in [1.807, 2.05) is 47.9 Å². The summed E-state index contributed by atoms with van der Waals surface area (Å²) in [6.07, 6.45) is 2.74. The van der Waals surface area contributed by atoms with Gasteiger partial charge in [0.05, 0.1) is 6.54 Å². The molecule has 0 unspecified atom stereocenters. The molecule has 3 nitrogen and oxygen atoms in total. The highest BCUT2D eigenvalue weighted by atomic mass is 15.1. The summed E-state index contributed by atoms with van der Waals surface area (Å²) in [5, 5.41) is 0. The molecule has 0 N–H and O–H groups in total. The second-order valence-electron chi connectivity index (χ2n) is 4.02. The van der Waals surface area contributed by atoms with E-state index in [-0.39, 0.29) is 0 Å². The van der Waals surface area contributed by atoms with Crippen LogP contribution in [0.1, 0.15) is 36.6 Å². The normalized spacial score (nSPS) is 9.82. The van der Waals surface area contributed by atoms with Gasteiger partial charge >= 0.3 is 0 Å². The third-order valence-corrected chi connectivity index (χ3v) is 2.27. The highest BCUT2D eigenvalue weighted by Crippen LogP contribution is 2.11. The van der Waals surface area contributed by atoms with Gasteiger partial charge in [0.25, 0.3) is 0 Å². The van der Waals surface area contributed by atoms with Gasteiger partial charge in [0, 0.05) is 11.4 Å². The fourth-order valence-corrected chi connectivity index (χ4v) is 1.60. The predicted molar refractivity (Wildman–Crippen MR) is 74.1 cm³/mol. The number of hydrogen-bond donors (Lipinski definition) is 0. The Morgan fingerprint density at radius 3 is 1.94 bits per heavy atom. The maximum atomic E-state index is 4.49. The average Bonchev–Trinajstić information content (AvgIpc) is 2.25. The number of allylic oxidation sites excluding steroid dienone is 1. The van der Waals surface area contributed by atoms with Crippen LogP contribution >= 0.6 is 0 Å². The molecule has 0 spiro atoms. The first-order valence-electron chi connectivity index (χ1n) is 6.13. The molecule has 0 radical (unpaired) electrons. The molecule has 0 saturated heterocycles. The molecule has 0 saturated carbocycles. The molecule has 17 heavy (non-hydrogen) atoms. The first kappa shape index (κ1) is 15.8. The van der Waals surface area contributed by atoms with Crippen molar-refractivity contribution in [2.45, 2.75) is 40.7 Å². The summed E-state index contributed by atoms with van der Waals surface area (Å²) in [6, 6.07) is 0. The fourth-order valence-electron chi connectivity index (χ4n) is 1.60. The van der Waals surface area contributed by atoms with Crippen molar-refractivity contribution in [2.75, 3.05) is 14.1 Å². The maximum absolute atomic E-state index is 4.49. The van der Waals surface area contributed by atoms with Crippen LogP contribution < -0.4 is 0 Å². The summed E-state index contributed by atoms with van der Waals surface area (Å²) in [7, 11) is 4.04. The molecular formula is C14H25N3. The fraction of sp³-hybridized carbons (Fsp3) is 0.571. The summed E-state index contributed by atoms with van der Waals surface area (Å²) in [4.78, 5) is 11.1. The molecule has 0 amide bonds. The van der Waals surface area contributed by atoms with Gasteiger partial charge in [-0.05, 0) is 39.9 Å². The van der Waals surface area contributed by atoms with E-state index in [0.29, 0.717) is 0 Å². The lowest BCUT2D eigenvalue weighted by Gasteiger charge is -2.12. The minimum absolute atomic E-state index is 0.788. The Morgan fingerprint density at radius 1 is 1.12 bits per heavy atom. The Bertz CT molecular complexity index is 333. The highest BCUT2D eigenvalue weighted by Gasteiger charge is 2.07. The van der Waals surface area contributed by atoms with Gasteiger partial charge in [-0.1, -0.05) is 19.9 Å². The highest BCUT2D eigenvalue weighted by molar-refractivity contribution is 5.26. The van der Waals surface area contributed by atoms with Crippen molar-refractivity contribution >= 4 is 0 Å². The van der Waals surface area contributed by atoms with Crippen LogP contribution in [0.2, 0.25) is 0 Å². The Labute approximate surface area is 106 Å². The Hall–Kier alpha value is -1.22. The second-order valence-corrected chi connectivity index (χ2v) is 4.02. The van der Waals surface area contributed by atoms with Crippen molar-refractivity contribution in [1.82, 2.24) is 14.9 Å². The molecule has 96 valence electrons. The zero-order valence-electron chi connectivity index (χ0n) is 12.0. The monoisotopic (exact) mass is 235 g/mol. The van der Waals surface area contributed by atoms with Gasteiger partial charge in [-0.2, -0.15) is 0 Å².